The topological polar surface area (TPSA) is 88.4 Å². The average molecular weight is 495 g/mol. The van der Waals surface area contributed by atoms with Crippen molar-refractivity contribution in [2.45, 2.75) is 13.8 Å². The maximum Gasteiger partial charge on any atom is 0.345 e. The van der Waals surface area contributed by atoms with Crippen LogP contribution in [0.4, 0.5) is 5.69 Å². The van der Waals surface area contributed by atoms with Crippen molar-refractivity contribution in [3.63, 3.8) is 0 Å². The number of benzene rings is 3. The van der Waals surface area contributed by atoms with E-state index in [0.717, 1.165) is 11.1 Å². The molecule has 0 heterocycles. The smallest absolute Gasteiger partial charge is 0.345 e. The third kappa shape index (κ3) is 5.96. The van der Waals surface area contributed by atoms with Gasteiger partial charge in [0.2, 0.25) is 0 Å². The minimum Gasteiger partial charge on any atom is -0.493 e. The molecule has 0 spiro atoms. The van der Waals surface area contributed by atoms with Gasteiger partial charge in [0, 0.05) is 10.7 Å². The molecule has 3 aromatic rings. The van der Waals surface area contributed by atoms with Crippen LogP contribution in [0.3, 0.4) is 0 Å². The van der Waals surface area contributed by atoms with Gasteiger partial charge in [-0.25, -0.2) is 4.79 Å². The number of hydrogen-bond donors (Lipinski definition) is 1. The number of nitrogens with zero attached hydrogens (tertiary/aromatic N) is 1. The highest BCUT2D eigenvalue weighted by atomic mass is 35.5. The molecule has 6 nitrogen and oxygen atoms in total. The number of anilines is 1. The van der Waals surface area contributed by atoms with Gasteiger partial charge in [-0.2, -0.15) is 5.26 Å². The first kappa shape index (κ1) is 24.8. The molecule has 0 aliphatic heterocycles. The van der Waals surface area contributed by atoms with Gasteiger partial charge in [-0.05, 0) is 79.1 Å². The number of aryl methyl sites for hydroxylation is 2. The molecule has 0 bridgehead atoms. The average Bonchev–Trinajstić information content (AvgIpc) is 2.80. The maximum atomic E-state index is 12.6. The third-order valence-corrected chi connectivity index (χ3v) is 5.53. The molecule has 172 valence electrons. The Morgan fingerprint density at radius 3 is 2.38 bits per heavy atom. The molecule has 1 N–H and O–H groups in total. The van der Waals surface area contributed by atoms with Crippen LogP contribution in [0.5, 0.6) is 11.5 Å². The summed E-state index contributed by atoms with van der Waals surface area (Å²) in [7, 11) is 1.41. The fraction of sp³-hybridized carbons (Fsp3) is 0.115. The fourth-order valence-corrected chi connectivity index (χ4v) is 3.49. The Morgan fingerprint density at radius 1 is 0.971 bits per heavy atom. The quantitative estimate of drug-likeness (QED) is 0.186. The first-order valence-electron chi connectivity index (χ1n) is 10.1. The summed E-state index contributed by atoms with van der Waals surface area (Å²) in [5.74, 6) is -0.848. The van der Waals surface area contributed by atoms with Crippen molar-refractivity contribution in [1.82, 2.24) is 0 Å². The molecule has 0 saturated carbocycles. The molecule has 8 heteroatoms. The molecule has 3 rings (SSSR count). The predicted molar refractivity (Wildman–Crippen MR) is 133 cm³/mol. The van der Waals surface area contributed by atoms with Gasteiger partial charge in [0.05, 0.1) is 17.7 Å². The van der Waals surface area contributed by atoms with Crippen molar-refractivity contribution in [1.29, 1.82) is 5.26 Å². The van der Waals surface area contributed by atoms with Gasteiger partial charge < -0.3 is 14.8 Å². The van der Waals surface area contributed by atoms with Crippen molar-refractivity contribution in [3.8, 4) is 17.6 Å². The zero-order valence-corrected chi connectivity index (χ0v) is 20.1. The number of carbonyl (C=O) groups is 2. The van der Waals surface area contributed by atoms with E-state index < -0.39 is 11.9 Å². The lowest BCUT2D eigenvalue weighted by Crippen LogP contribution is -2.13. The van der Waals surface area contributed by atoms with Crippen LogP contribution in [-0.2, 0) is 4.79 Å². The number of ether oxygens (including phenoxy) is 2. The molecule has 0 unspecified atom stereocenters. The predicted octanol–water partition coefficient (Wildman–Crippen LogP) is 6.38. The molecule has 0 saturated heterocycles. The van der Waals surface area contributed by atoms with E-state index in [1.807, 2.05) is 32.0 Å². The number of nitrogens with one attached hydrogen (secondary N) is 1. The maximum absolute atomic E-state index is 12.6. The molecule has 0 radical (unpaired) electrons. The van der Waals surface area contributed by atoms with Crippen molar-refractivity contribution in [2.24, 2.45) is 0 Å². The molecule has 1 amide bonds. The Labute approximate surface area is 207 Å². The van der Waals surface area contributed by atoms with Crippen molar-refractivity contribution >= 4 is 46.8 Å². The van der Waals surface area contributed by atoms with Crippen molar-refractivity contribution in [3.05, 3.63) is 92.5 Å². The SMILES string of the molecule is COc1cc(C=C(C#N)C(=O)Nc2ccc(C)c(C)c2)ccc1OC(=O)c1ccc(Cl)cc1Cl. The number of hydrogen-bond acceptors (Lipinski definition) is 5. The lowest BCUT2D eigenvalue weighted by Gasteiger charge is -2.11. The van der Waals surface area contributed by atoms with Crippen LogP contribution in [-0.4, -0.2) is 19.0 Å². The lowest BCUT2D eigenvalue weighted by atomic mass is 10.1. The molecule has 0 aromatic heterocycles. The second kappa shape index (κ2) is 10.9. The van der Waals surface area contributed by atoms with Crippen LogP contribution < -0.4 is 14.8 Å². The Hall–Kier alpha value is -3.79. The van der Waals surface area contributed by atoms with Crippen LogP contribution >= 0.6 is 23.2 Å². The summed E-state index contributed by atoms with van der Waals surface area (Å²) in [6.45, 7) is 3.91. The molecule has 0 fully saturated rings. The molecule has 0 aliphatic carbocycles. The van der Waals surface area contributed by atoms with Gasteiger partial charge >= 0.3 is 5.97 Å². The minimum atomic E-state index is -0.686. The van der Waals surface area contributed by atoms with Gasteiger partial charge in [0.15, 0.2) is 11.5 Å². The van der Waals surface area contributed by atoms with E-state index in [9.17, 15) is 14.9 Å². The number of methoxy groups -OCH3 is 1. The zero-order chi connectivity index (χ0) is 24.8. The molecule has 3 aromatic carbocycles. The minimum absolute atomic E-state index is 0.0991. The first-order chi connectivity index (χ1) is 16.2. The zero-order valence-electron chi connectivity index (χ0n) is 18.6. The summed E-state index contributed by atoms with van der Waals surface area (Å²) in [6.07, 6.45) is 1.42. The molecule has 34 heavy (non-hydrogen) atoms. The third-order valence-electron chi connectivity index (χ3n) is 4.98. The number of amides is 1. The Balaban J connectivity index is 1.81. The van der Waals surface area contributed by atoms with Crippen LogP contribution in [0, 0.1) is 25.2 Å². The number of esters is 1. The number of carbonyl (C=O) groups excluding carboxylic acids is 2. The second-order valence-electron chi connectivity index (χ2n) is 7.35. The summed E-state index contributed by atoms with van der Waals surface area (Å²) in [4.78, 5) is 25.1. The van der Waals surface area contributed by atoms with Crippen LogP contribution in [0.2, 0.25) is 10.0 Å². The standard InChI is InChI=1S/C26H20Cl2N2O4/c1-15-4-7-20(10-16(15)2)30-25(31)18(14-29)11-17-5-9-23(24(12-17)33-3)34-26(32)21-8-6-19(27)13-22(21)28/h4-13H,1-3H3,(H,30,31). The van der Waals surface area contributed by atoms with E-state index in [1.165, 1.54) is 37.5 Å². The normalized spacial score (nSPS) is 10.9. The van der Waals surface area contributed by atoms with E-state index in [2.05, 4.69) is 5.32 Å². The van der Waals surface area contributed by atoms with Crippen molar-refractivity contribution in [2.75, 3.05) is 12.4 Å². The van der Waals surface area contributed by atoms with E-state index in [1.54, 1.807) is 18.2 Å². The summed E-state index contributed by atoms with van der Waals surface area (Å²) in [5, 5.41) is 12.8. The molecular formula is C26H20Cl2N2O4. The number of rotatable bonds is 6. The van der Waals surface area contributed by atoms with Crippen LogP contribution in [0.1, 0.15) is 27.0 Å². The van der Waals surface area contributed by atoms with E-state index in [0.29, 0.717) is 16.3 Å². The van der Waals surface area contributed by atoms with E-state index in [4.69, 9.17) is 32.7 Å². The van der Waals surface area contributed by atoms with Gasteiger partial charge in [-0.3, -0.25) is 4.79 Å². The van der Waals surface area contributed by atoms with Crippen LogP contribution in [0.25, 0.3) is 6.08 Å². The Bertz CT molecular complexity index is 1340. The van der Waals surface area contributed by atoms with Gasteiger partial charge in [-0.15, -0.1) is 0 Å². The molecule has 0 atom stereocenters. The van der Waals surface area contributed by atoms with E-state index in [-0.39, 0.29) is 27.7 Å². The van der Waals surface area contributed by atoms with Crippen LogP contribution in [0.15, 0.2) is 60.2 Å². The summed E-state index contributed by atoms with van der Waals surface area (Å²) < 4.78 is 10.7. The van der Waals surface area contributed by atoms with E-state index >= 15 is 0 Å². The highest BCUT2D eigenvalue weighted by Gasteiger charge is 2.17. The largest absolute Gasteiger partial charge is 0.493 e. The fourth-order valence-electron chi connectivity index (χ4n) is 3.00. The monoisotopic (exact) mass is 494 g/mol. The highest BCUT2D eigenvalue weighted by molar-refractivity contribution is 6.36. The number of nitriles is 1. The summed E-state index contributed by atoms with van der Waals surface area (Å²) in [6, 6.07) is 16.5. The van der Waals surface area contributed by atoms with Crippen molar-refractivity contribution < 1.29 is 19.1 Å². The Kier molecular flexibility index (Phi) is 7.95. The molecular weight excluding hydrogens is 475 g/mol. The Morgan fingerprint density at radius 2 is 1.74 bits per heavy atom. The second-order valence-corrected chi connectivity index (χ2v) is 8.19. The first-order valence-corrected chi connectivity index (χ1v) is 10.8. The lowest BCUT2D eigenvalue weighted by molar-refractivity contribution is -0.112. The molecule has 0 aliphatic rings. The van der Waals surface area contributed by atoms with Gasteiger partial charge in [0.25, 0.3) is 5.91 Å². The highest BCUT2D eigenvalue weighted by Crippen LogP contribution is 2.31. The number of halogens is 2. The summed E-state index contributed by atoms with van der Waals surface area (Å²) in [5.41, 5.74) is 3.27. The van der Waals surface area contributed by atoms with Gasteiger partial charge in [0.1, 0.15) is 11.6 Å². The summed E-state index contributed by atoms with van der Waals surface area (Å²) >= 11 is 11.9. The van der Waals surface area contributed by atoms with Gasteiger partial charge in [-0.1, -0.05) is 35.3 Å².